The second-order valence-corrected chi connectivity index (χ2v) is 7.83. The van der Waals surface area contributed by atoms with E-state index in [1.807, 2.05) is 4.90 Å². The Morgan fingerprint density at radius 1 is 1.03 bits per heavy atom. The van der Waals surface area contributed by atoms with E-state index >= 15 is 0 Å². The highest BCUT2D eigenvalue weighted by Gasteiger charge is 2.25. The maximum Gasteiger partial charge on any atom is 0.252 e. The second-order valence-electron chi connectivity index (χ2n) is 7.43. The number of carbonyl (C=O) groups excluding carboxylic acids is 2. The number of halogens is 2. The topological polar surface area (TPSA) is 49.4 Å². The number of carbonyl (C=O) groups is 2. The van der Waals surface area contributed by atoms with E-state index in [-0.39, 0.29) is 36.6 Å². The molecule has 3 rings (SSSR count). The molecule has 1 fully saturated rings. The third-order valence-electron chi connectivity index (χ3n) is 5.34. The molecule has 2 aromatic carbocycles. The molecule has 4 nitrogen and oxygen atoms in total. The van der Waals surface area contributed by atoms with Gasteiger partial charge in [-0.2, -0.15) is 0 Å². The Kier molecular flexibility index (Phi) is 7.64. The summed E-state index contributed by atoms with van der Waals surface area (Å²) in [4.78, 5) is 27.2. The Hall–Kier alpha value is -2.40. The van der Waals surface area contributed by atoms with Crippen LogP contribution in [0.1, 0.15) is 54.4 Å². The number of hydrogen-bond donors (Lipinski definition) is 1. The van der Waals surface area contributed by atoms with Gasteiger partial charge in [0.15, 0.2) is 0 Å². The summed E-state index contributed by atoms with van der Waals surface area (Å²) < 4.78 is 13.2. The van der Waals surface area contributed by atoms with Gasteiger partial charge in [-0.15, -0.1) is 0 Å². The van der Waals surface area contributed by atoms with E-state index in [0.29, 0.717) is 17.1 Å². The SMILES string of the molecule is O=C(NCCC(=O)N(Cc1ccc(F)cc1)C1CCCCC1)c1ccccc1Cl. The molecular formula is C23H26ClFN2O2. The van der Waals surface area contributed by atoms with Crippen LogP contribution in [-0.2, 0) is 11.3 Å². The lowest BCUT2D eigenvalue weighted by atomic mass is 9.93. The van der Waals surface area contributed by atoms with Crippen molar-refractivity contribution < 1.29 is 14.0 Å². The molecule has 0 atom stereocenters. The van der Waals surface area contributed by atoms with Crippen molar-refractivity contribution in [1.82, 2.24) is 10.2 Å². The summed E-state index contributed by atoms with van der Waals surface area (Å²) in [6.45, 7) is 0.706. The molecule has 0 radical (unpaired) electrons. The van der Waals surface area contributed by atoms with Gasteiger partial charge < -0.3 is 10.2 Å². The first-order valence-corrected chi connectivity index (χ1v) is 10.5. The van der Waals surface area contributed by atoms with Gasteiger partial charge in [0, 0.05) is 25.6 Å². The van der Waals surface area contributed by atoms with Gasteiger partial charge in [0.1, 0.15) is 5.82 Å². The molecule has 1 aliphatic rings. The molecule has 0 spiro atoms. The fourth-order valence-electron chi connectivity index (χ4n) is 3.77. The van der Waals surface area contributed by atoms with Crippen LogP contribution in [0.2, 0.25) is 5.02 Å². The van der Waals surface area contributed by atoms with E-state index in [9.17, 15) is 14.0 Å². The molecule has 0 aromatic heterocycles. The van der Waals surface area contributed by atoms with Crippen molar-refractivity contribution in [3.63, 3.8) is 0 Å². The Morgan fingerprint density at radius 3 is 2.41 bits per heavy atom. The summed E-state index contributed by atoms with van der Waals surface area (Å²) >= 11 is 6.05. The summed E-state index contributed by atoms with van der Waals surface area (Å²) in [6, 6.07) is 13.3. The van der Waals surface area contributed by atoms with Crippen LogP contribution in [0.4, 0.5) is 4.39 Å². The van der Waals surface area contributed by atoms with Crippen LogP contribution in [0.3, 0.4) is 0 Å². The summed E-state index contributed by atoms with van der Waals surface area (Å²) in [6.07, 6.45) is 5.61. The monoisotopic (exact) mass is 416 g/mol. The first-order valence-electron chi connectivity index (χ1n) is 10.1. The van der Waals surface area contributed by atoms with Crippen LogP contribution in [0.25, 0.3) is 0 Å². The summed E-state index contributed by atoms with van der Waals surface area (Å²) in [7, 11) is 0. The number of amides is 2. The van der Waals surface area contributed by atoms with Gasteiger partial charge in [-0.05, 0) is 42.7 Å². The lowest BCUT2D eigenvalue weighted by Gasteiger charge is -2.34. The minimum Gasteiger partial charge on any atom is -0.351 e. The van der Waals surface area contributed by atoms with Gasteiger partial charge in [0.2, 0.25) is 5.91 Å². The molecule has 29 heavy (non-hydrogen) atoms. The van der Waals surface area contributed by atoms with Crippen molar-refractivity contribution in [2.75, 3.05) is 6.54 Å². The molecule has 2 amide bonds. The Bertz CT molecular complexity index is 835. The van der Waals surface area contributed by atoms with Gasteiger partial charge in [-0.25, -0.2) is 4.39 Å². The van der Waals surface area contributed by atoms with Crippen LogP contribution < -0.4 is 5.32 Å². The third-order valence-corrected chi connectivity index (χ3v) is 5.67. The number of benzene rings is 2. The first-order chi connectivity index (χ1) is 14.0. The molecule has 0 bridgehead atoms. The maximum atomic E-state index is 13.2. The van der Waals surface area contributed by atoms with E-state index in [1.165, 1.54) is 18.6 Å². The van der Waals surface area contributed by atoms with Gasteiger partial charge >= 0.3 is 0 Å². The van der Waals surface area contributed by atoms with Gasteiger partial charge in [0.25, 0.3) is 5.91 Å². The van der Waals surface area contributed by atoms with Crippen molar-refractivity contribution in [1.29, 1.82) is 0 Å². The van der Waals surface area contributed by atoms with Crippen LogP contribution in [0, 0.1) is 5.82 Å². The zero-order valence-electron chi connectivity index (χ0n) is 16.4. The van der Waals surface area contributed by atoms with Crippen LogP contribution in [0.15, 0.2) is 48.5 Å². The van der Waals surface area contributed by atoms with Gasteiger partial charge in [-0.1, -0.05) is 55.1 Å². The number of nitrogens with one attached hydrogen (secondary N) is 1. The Morgan fingerprint density at radius 2 is 1.72 bits per heavy atom. The fraction of sp³-hybridized carbons (Fsp3) is 0.391. The lowest BCUT2D eigenvalue weighted by Crippen LogP contribution is -2.42. The van der Waals surface area contributed by atoms with E-state index in [4.69, 9.17) is 11.6 Å². The average molecular weight is 417 g/mol. The van der Waals surface area contributed by atoms with Gasteiger partial charge in [0.05, 0.1) is 10.6 Å². The standard InChI is InChI=1S/C23H26ClFN2O2/c24-21-9-5-4-8-20(21)23(29)26-15-14-22(28)27(19-6-2-1-3-7-19)16-17-10-12-18(25)13-11-17/h4-5,8-13,19H,1-3,6-7,14-16H2,(H,26,29). The second kappa shape index (κ2) is 10.4. The first kappa shape index (κ1) is 21.3. The largest absolute Gasteiger partial charge is 0.351 e. The number of hydrogen-bond acceptors (Lipinski definition) is 2. The fourth-order valence-corrected chi connectivity index (χ4v) is 3.99. The van der Waals surface area contributed by atoms with Crippen molar-refractivity contribution in [3.8, 4) is 0 Å². The molecule has 154 valence electrons. The van der Waals surface area contributed by atoms with Crippen molar-refractivity contribution in [2.45, 2.75) is 51.1 Å². The van der Waals surface area contributed by atoms with E-state index < -0.39 is 0 Å². The van der Waals surface area contributed by atoms with E-state index in [2.05, 4.69) is 5.32 Å². The molecule has 1 saturated carbocycles. The van der Waals surface area contributed by atoms with E-state index in [1.54, 1.807) is 36.4 Å². The predicted octanol–water partition coefficient (Wildman–Crippen LogP) is 4.96. The highest BCUT2D eigenvalue weighted by atomic mass is 35.5. The van der Waals surface area contributed by atoms with Crippen molar-refractivity contribution >= 4 is 23.4 Å². The molecular weight excluding hydrogens is 391 g/mol. The smallest absolute Gasteiger partial charge is 0.252 e. The highest BCUT2D eigenvalue weighted by molar-refractivity contribution is 6.33. The van der Waals surface area contributed by atoms with Crippen LogP contribution in [0.5, 0.6) is 0 Å². The summed E-state index contributed by atoms with van der Waals surface area (Å²) in [5.41, 5.74) is 1.31. The number of rotatable bonds is 7. The summed E-state index contributed by atoms with van der Waals surface area (Å²) in [5, 5.41) is 3.16. The Labute approximate surface area is 176 Å². The van der Waals surface area contributed by atoms with Crippen LogP contribution in [-0.4, -0.2) is 29.3 Å². The van der Waals surface area contributed by atoms with Crippen molar-refractivity contribution in [2.24, 2.45) is 0 Å². The van der Waals surface area contributed by atoms with Crippen molar-refractivity contribution in [3.05, 3.63) is 70.5 Å². The average Bonchev–Trinajstić information content (AvgIpc) is 2.74. The molecule has 6 heteroatoms. The lowest BCUT2D eigenvalue weighted by molar-refractivity contribution is -0.134. The van der Waals surface area contributed by atoms with Gasteiger partial charge in [-0.3, -0.25) is 9.59 Å². The molecule has 0 aliphatic heterocycles. The molecule has 0 unspecified atom stereocenters. The minimum atomic E-state index is -0.286. The Balaban J connectivity index is 1.60. The highest BCUT2D eigenvalue weighted by Crippen LogP contribution is 2.25. The molecule has 1 aliphatic carbocycles. The molecule has 1 N–H and O–H groups in total. The quantitative estimate of drug-likeness (QED) is 0.693. The zero-order chi connectivity index (χ0) is 20.6. The van der Waals surface area contributed by atoms with Crippen LogP contribution >= 0.6 is 11.6 Å². The number of nitrogens with zero attached hydrogens (tertiary/aromatic N) is 1. The minimum absolute atomic E-state index is 0.000633. The molecule has 2 aromatic rings. The normalized spacial score (nSPS) is 14.4. The zero-order valence-corrected chi connectivity index (χ0v) is 17.1. The molecule has 0 heterocycles. The predicted molar refractivity (Wildman–Crippen MR) is 112 cm³/mol. The molecule has 0 saturated heterocycles. The summed E-state index contributed by atoms with van der Waals surface area (Å²) in [5.74, 6) is -0.571. The van der Waals surface area contributed by atoms with E-state index in [0.717, 1.165) is 31.2 Å². The third kappa shape index (κ3) is 6.04. The maximum absolute atomic E-state index is 13.2.